The number of anilines is 1. The van der Waals surface area contributed by atoms with E-state index in [-0.39, 0.29) is 39.3 Å². The Morgan fingerprint density at radius 3 is 2.71 bits per heavy atom. The Hall–Kier alpha value is -4.55. The van der Waals surface area contributed by atoms with Gasteiger partial charge in [-0.2, -0.15) is 19.0 Å². The Bertz CT molecular complexity index is 1690. The molecule has 1 atom stereocenters. The summed E-state index contributed by atoms with van der Waals surface area (Å²) in [6.07, 6.45) is 6.28. The van der Waals surface area contributed by atoms with Crippen LogP contribution in [-0.4, -0.2) is 62.0 Å². The number of nitrogens with one attached hydrogen (secondary N) is 1. The first-order valence-corrected chi connectivity index (χ1v) is 13.3. The van der Waals surface area contributed by atoms with Crippen molar-refractivity contribution in [3.8, 4) is 22.8 Å². The van der Waals surface area contributed by atoms with E-state index in [2.05, 4.69) is 25.4 Å². The molecule has 218 valence electrons. The normalized spacial score (nSPS) is 12.2. The van der Waals surface area contributed by atoms with E-state index in [1.165, 1.54) is 28.9 Å². The van der Waals surface area contributed by atoms with Crippen molar-refractivity contribution in [3.05, 3.63) is 89.5 Å². The SMILES string of the molecule is COc1ccc(CN(C)[C@@H](C)Cn2cc(NC(=O)c3cnn4cccnc34)c(-c3cc(Cl)ccc3OC(F)F)n2)cc1. The van der Waals surface area contributed by atoms with Crippen molar-refractivity contribution in [2.45, 2.75) is 32.7 Å². The Kier molecular flexibility index (Phi) is 8.64. The van der Waals surface area contributed by atoms with Crippen LogP contribution in [0.25, 0.3) is 16.9 Å². The molecule has 0 radical (unpaired) electrons. The minimum atomic E-state index is -3.07. The maximum Gasteiger partial charge on any atom is 0.387 e. The molecule has 0 bridgehead atoms. The van der Waals surface area contributed by atoms with Gasteiger partial charge in [0.15, 0.2) is 5.65 Å². The zero-order chi connectivity index (χ0) is 29.8. The monoisotopic (exact) mass is 595 g/mol. The average Bonchev–Trinajstić information content (AvgIpc) is 3.58. The zero-order valence-electron chi connectivity index (χ0n) is 23.0. The van der Waals surface area contributed by atoms with Crippen LogP contribution in [0.3, 0.4) is 0 Å². The molecule has 2 aromatic carbocycles. The Morgan fingerprint density at radius 2 is 1.98 bits per heavy atom. The molecule has 0 aliphatic carbocycles. The van der Waals surface area contributed by atoms with E-state index in [1.807, 2.05) is 38.2 Å². The maximum absolute atomic E-state index is 13.4. The van der Waals surface area contributed by atoms with Gasteiger partial charge >= 0.3 is 6.61 Å². The van der Waals surface area contributed by atoms with Crippen molar-refractivity contribution >= 4 is 28.8 Å². The van der Waals surface area contributed by atoms with Gasteiger partial charge in [0.25, 0.3) is 5.91 Å². The first kappa shape index (κ1) is 29.0. The maximum atomic E-state index is 13.4. The van der Waals surface area contributed by atoms with Crippen molar-refractivity contribution in [2.24, 2.45) is 0 Å². The van der Waals surface area contributed by atoms with Crippen LogP contribution in [0.1, 0.15) is 22.8 Å². The third kappa shape index (κ3) is 6.50. The molecule has 0 unspecified atom stereocenters. The number of fused-ring (bicyclic) bond motifs is 1. The van der Waals surface area contributed by atoms with Gasteiger partial charge < -0.3 is 14.8 Å². The first-order valence-electron chi connectivity index (χ1n) is 13.0. The van der Waals surface area contributed by atoms with E-state index in [9.17, 15) is 13.6 Å². The van der Waals surface area contributed by atoms with Crippen LogP contribution in [0.15, 0.2) is 73.3 Å². The second-order valence-corrected chi connectivity index (χ2v) is 10.1. The fraction of sp³-hybridized carbons (Fsp3) is 0.241. The number of aromatic nitrogens is 5. The van der Waals surface area contributed by atoms with Crippen LogP contribution in [0.4, 0.5) is 14.5 Å². The average molecular weight is 596 g/mol. The van der Waals surface area contributed by atoms with Crippen molar-refractivity contribution in [3.63, 3.8) is 0 Å². The molecular weight excluding hydrogens is 568 g/mol. The molecule has 0 saturated heterocycles. The number of ether oxygens (including phenoxy) is 2. The molecule has 0 spiro atoms. The van der Waals surface area contributed by atoms with Gasteiger partial charge in [-0.15, -0.1) is 0 Å². The second-order valence-electron chi connectivity index (χ2n) is 9.64. The third-order valence-electron chi connectivity index (χ3n) is 6.74. The van der Waals surface area contributed by atoms with Crippen LogP contribution in [0.2, 0.25) is 5.02 Å². The molecule has 13 heteroatoms. The molecular formula is C29H28ClF2N7O3. The summed E-state index contributed by atoms with van der Waals surface area (Å²) in [5.41, 5.74) is 2.40. The molecule has 5 aromatic rings. The molecule has 3 heterocycles. The van der Waals surface area contributed by atoms with E-state index in [1.54, 1.807) is 36.4 Å². The predicted molar refractivity (Wildman–Crippen MR) is 154 cm³/mol. The summed E-state index contributed by atoms with van der Waals surface area (Å²) in [5, 5.41) is 12.0. The number of benzene rings is 2. The molecule has 10 nitrogen and oxygen atoms in total. The lowest BCUT2D eigenvalue weighted by molar-refractivity contribution is -0.0494. The standard InChI is InChI=1S/C29H28ClF2N7O3/c1-18(37(2)16-19-5-8-21(41-3)9-6-19)15-38-17-24(35-28(40)23-14-34-39-12-4-11-33-27(23)39)26(36-38)22-13-20(30)7-10-25(22)42-29(31)32/h4-14,17-18,29H,15-16H2,1-3H3,(H,35,40)/t18-/m0/s1. The summed E-state index contributed by atoms with van der Waals surface area (Å²) in [7, 11) is 3.62. The fourth-order valence-electron chi connectivity index (χ4n) is 4.45. The van der Waals surface area contributed by atoms with Gasteiger partial charge in [0.05, 0.1) is 25.5 Å². The van der Waals surface area contributed by atoms with E-state index in [0.717, 1.165) is 11.3 Å². The van der Waals surface area contributed by atoms with Crippen molar-refractivity contribution < 1.29 is 23.0 Å². The van der Waals surface area contributed by atoms with Gasteiger partial charge in [-0.25, -0.2) is 9.50 Å². The van der Waals surface area contributed by atoms with E-state index in [0.29, 0.717) is 18.7 Å². The van der Waals surface area contributed by atoms with Gasteiger partial charge in [0.2, 0.25) is 0 Å². The highest BCUT2D eigenvalue weighted by molar-refractivity contribution is 6.31. The highest BCUT2D eigenvalue weighted by Crippen LogP contribution is 2.37. The summed E-state index contributed by atoms with van der Waals surface area (Å²) in [5.74, 6) is 0.161. The van der Waals surface area contributed by atoms with Gasteiger partial charge in [-0.05, 0) is 55.9 Å². The molecule has 42 heavy (non-hydrogen) atoms. The smallest absolute Gasteiger partial charge is 0.387 e. The molecule has 5 rings (SSSR count). The molecule has 0 fully saturated rings. The first-order chi connectivity index (χ1) is 20.2. The van der Waals surface area contributed by atoms with E-state index in [4.69, 9.17) is 21.1 Å². The largest absolute Gasteiger partial charge is 0.497 e. The molecule has 1 N–H and O–H groups in total. The van der Waals surface area contributed by atoms with Crippen molar-refractivity contribution in [1.29, 1.82) is 0 Å². The minimum Gasteiger partial charge on any atom is -0.497 e. The van der Waals surface area contributed by atoms with Gasteiger partial charge in [-0.3, -0.25) is 14.4 Å². The third-order valence-corrected chi connectivity index (χ3v) is 6.98. The molecule has 3 aromatic heterocycles. The van der Waals surface area contributed by atoms with Gasteiger partial charge in [-0.1, -0.05) is 23.7 Å². The number of amides is 1. The Labute approximate surface area is 245 Å². The summed E-state index contributed by atoms with van der Waals surface area (Å²) in [4.78, 5) is 19.7. The van der Waals surface area contributed by atoms with E-state index >= 15 is 0 Å². The number of likely N-dealkylation sites (N-methyl/N-ethyl adjacent to an activating group) is 1. The minimum absolute atomic E-state index is 0.00312. The second kappa shape index (κ2) is 12.5. The van der Waals surface area contributed by atoms with Crippen LogP contribution < -0.4 is 14.8 Å². The summed E-state index contributed by atoms with van der Waals surface area (Å²) >= 11 is 6.24. The lowest BCUT2D eigenvalue weighted by Crippen LogP contribution is -2.32. The number of halogens is 3. The van der Waals surface area contributed by atoms with Crippen molar-refractivity contribution in [2.75, 3.05) is 19.5 Å². The Balaban J connectivity index is 1.45. The van der Waals surface area contributed by atoms with Crippen molar-refractivity contribution in [1.82, 2.24) is 29.3 Å². The number of carbonyl (C=O) groups is 1. The predicted octanol–water partition coefficient (Wildman–Crippen LogP) is 5.63. The summed E-state index contributed by atoms with van der Waals surface area (Å²) in [6.45, 7) is 0.0740. The molecule has 0 aliphatic heterocycles. The lowest BCUT2D eigenvalue weighted by atomic mass is 10.1. The lowest BCUT2D eigenvalue weighted by Gasteiger charge is -2.24. The Morgan fingerprint density at radius 1 is 1.19 bits per heavy atom. The number of nitrogens with zero attached hydrogens (tertiary/aromatic N) is 6. The zero-order valence-corrected chi connectivity index (χ0v) is 23.8. The highest BCUT2D eigenvalue weighted by Gasteiger charge is 2.23. The molecule has 0 saturated carbocycles. The summed E-state index contributed by atoms with van der Waals surface area (Å²) in [6, 6.07) is 13.8. The highest BCUT2D eigenvalue weighted by atomic mass is 35.5. The quantitative estimate of drug-likeness (QED) is 0.211. The van der Waals surface area contributed by atoms with Gasteiger partial charge in [0.1, 0.15) is 22.8 Å². The number of methoxy groups -OCH3 is 1. The van der Waals surface area contributed by atoms with Crippen LogP contribution in [0.5, 0.6) is 11.5 Å². The van der Waals surface area contributed by atoms with Gasteiger partial charge in [0, 0.05) is 41.8 Å². The van der Waals surface area contributed by atoms with Crippen LogP contribution in [0, 0.1) is 0 Å². The number of carbonyl (C=O) groups excluding carboxylic acids is 1. The number of alkyl halides is 2. The van der Waals surface area contributed by atoms with Crippen LogP contribution >= 0.6 is 11.6 Å². The summed E-state index contributed by atoms with van der Waals surface area (Å²) < 4.78 is 39.7. The van der Waals surface area contributed by atoms with E-state index < -0.39 is 12.5 Å². The number of rotatable bonds is 11. The number of hydrogen-bond donors (Lipinski definition) is 1. The number of hydrogen-bond acceptors (Lipinski definition) is 7. The molecule has 0 aliphatic rings. The van der Waals surface area contributed by atoms with Crippen LogP contribution in [-0.2, 0) is 13.1 Å². The topological polar surface area (TPSA) is 98.8 Å². The fourth-order valence-corrected chi connectivity index (χ4v) is 4.63. The molecule has 1 amide bonds.